The van der Waals surface area contributed by atoms with Crippen molar-refractivity contribution in [2.24, 2.45) is 5.73 Å². The summed E-state index contributed by atoms with van der Waals surface area (Å²) in [7, 11) is -1.87. The van der Waals surface area contributed by atoms with Gasteiger partial charge in [0.05, 0.1) is 27.2 Å². The highest BCUT2D eigenvalue weighted by Gasteiger charge is 2.41. The summed E-state index contributed by atoms with van der Waals surface area (Å²) in [6.07, 6.45) is -9.78. The summed E-state index contributed by atoms with van der Waals surface area (Å²) < 4.78 is 96.0. The highest BCUT2D eigenvalue weighted by molar-refractivity contribution is 7.86. The van der Waals surface area contributed by atoms with Crippen molar-refractivity contribution in [3.63, 3.8) is 0 Å². The van der Waals surface area contributed by atoms with E-state index in [1.165, 1.54) is 6.07 Å². The van der Waals surface area contributed by atoms with E-state index in [2.05, 4.69) is 4.74 Å². The lowest BCUT2D eigenvalue weighted by molar-refractivity contribution is -0.283. The van der Waals surface area contributed by atoms with Crippen molar-refractivity contribution < 1.29 is 40.0 Å². The van der Waals surface area contributed by atoms with Crippen molar-refractivity contribution in [2.75, 3.05) is 6.61 Å². The molecule has 1 aliphatic heterocycles. The van der Waals surface area contributed by atoms with E-state index in [4.69, 9.17) is 15.9 Å². The van der Waals surface area contributed by atoms with E-state index in [1.54, 1.807) is 6.92 Å². The first-order chi connectivity index (χ1) is 13.2. The van der Waals surface area contributed by atoms with Crippen LogP contribution in [-0.2, 0) is 26.4 Å². The van der Waals surface area contributed by atoms with Crippen molar-refractivity contribution in [1.82, 2.24) is 0 Å². The molecule has 1 fully saturated rings. The average Bonchev–Trinajstić information content (AvgIpc) is 2.58. The second-order valence-corrected chi connectivity index (χ2v) is 8.61. The maximum absolute atomic E-state index is 13.0. The van der Waals surface area contributed by atoms with Crippen LogP contribution in [0, 0.1) is 5.41 Å². The van der Waals surface area contributed by atoms with Gasteiger partial charge in [-0.15, -0.1) is 13.2 Å². The Morgan fingerprint density at radius 2 is 2.00 bits per heavy atom. The van der Waals surface area contributed by atoms with Crippen LogP contribution in [0.5, 0.6) is 0 Å². The van der Waals surface area contributed by atoms with Gasteiger partial charge in [-0.2, -0.15) is 13.2 Å². The van der Waals surface area contributed by atoms with E-state index in [9.17, 15) is 30.6 Å². The number of nitrogens with two attached hydrogens (primary N) is 1. The number of hydrogen-bond acceptors (Lipinski definition) is 5. The minimum atomic E-state index is -5.05. The van der Waals surface area contributed by atoms with Gasteiger partial charge in [0.2, 0.25) is 5.90 Å². The van der Waals surface area contributed by atoms with Crippen molar-refractivity contribution in [2.45, 2.75) is 48.1 Å². The second kappa shape index (κ2) is 8.34. The average molecular weight is 444 g/mol. The van der Waals surface area contributed by atoms with Gasteiger partial charge in [-0.1, -0.05) is 6.07 Å². The molecule has 0 amide bonds. The molecule has 0 saturated carbocycles. The maximum atomic E-state index is 13.0. The van der Waals surface area contributed by atoms with Gasteiger partial charge in [0.25, 0.3) is 0 Å². The third kappa shape index (κ3) is 6.20. The fourth-order valence-electron chi connectivity index (χ4n) is 2.82. The van der Waals surface area contributed by atoms with Gasteiger partial charge < -0.3 is 15.2 Å². The Kier molecular flexibility index (Phi) is 6.68. The van der Waals surface area contributed by atoms with E-state index in [0.717, 1.165) is 18.2 Å². The first-order valence-corrected chi connectivity index (χ1v) is 9.38. The Hall–Kier alpha value is -2.08. The van der Waals surface area contributed by atoms with Crippen LogP contribution >= 0.6 is 0 Å². The quantitative estimate of drug-likeness (QED) is 0.416. The molecule has 0 bridgehead atoms. The Balaban J connectivity index is 2.20. The molecule has 0 aromatic heterocycles. The smallest absolute Gasteiger partial charge is 0.400 e. The van der Waals surface area contributed by atoms with E-state index < -0.39 is 45.7 Å². The molecule has 3 unspecified atom stereocenters. The number of halogens is 6. The summed E-state index contributed by atoms with van der Waals surface area (Å²) in [6, 6.07) is 4.13. The molecule has 1 aromatic carbocycles. The molecule has 1 aliphatic rings. The van der Waals surface area contributed by atoms with Gasteiger partial charge in [0.1, 0.15) is 0 Å². The summed E-state index contributed by atoms with van der Waals surface area (Å²) in [5.41, 5.74) is 4.53. The minimum Gasteiger partial charge on any atom is -0.400 e. The lowest BCUT2D eigenvalue weighted by Crippen LogP contribution is -2.43. The molecule has 162 valence electrons. The van der Waals surface area contributed by atoms with Crippen LogP contribution in [0.3, 0.4) is 0 Å². The minimum absolute atomic E-state index is 0.0290. The molecule has 1 saturated heterocycles. The molecule has 12 heteroatoms. The lowest BCUT2D eigenvalue weighted by Gasteiger charge is -2.37. The molecule has 29 heavy (non-hydrogen) atoms. The lowest BCUT2D eigenvalue weighted by atomic mass is 9.95. The fourth-order valence-corrected chi connectivity index (χ4v) is 4.40. The molecule has 3 N–H and O–H groups in total. The summed E-state index contributed by atoms with van der Waals surface area (Å²) in [4.78, 5) is -0.0290. The van der Waals surface area contributed by atoms with Crippen molar-refractivity contribution in [3.05, 3.63) is 41.6 Å². The first kappa shape index (κ1) is 23.2. The standard InChI is InChI=1S/C17H18F6N2O3S/c1-15(29(26)11-4-2-3-10(7-11)16(18,19)20)5-6-27-13(9-15)12(24)8-14(25)28-17(21,22)23/h2-4,7-8,13,25H,5-6,9,24H2,1H3/b12-8-,25-14?. The molecule has 1 aromatic rings. The van der Waals surface area contributed by atoms with Gasteiger partial charge in [-0.25, -0.2) is 0 Å². The number of alkyl halides is 6. The predicted octanol–water partition coefficient (Wildman–Crippen LogP) is 4.11. The Morgan fingerprint density at radius 3 is 2.59 bits per heavy atom. The van der Waals surface area contributed by atoms with Crippen LogP contribution in [-0.4, -0.2) is 33.9 Å². The monoisotopic (exact) mass is 444 g/mol. The number of rotatable bonds is 4. The van der Waals surface area contributed by atoms with Crippen LogP contribution in [0.1, 0.15) is 25.3 Å². The summed E-state index contributed by atoms with van der Waals surface area (Å²) >= 11 is 0. The molecule has 2 rings (SSSR count). The van der Waals surface area contributed by atoms with E-state index in [0.29, 0.717) is 6.08 Å². The fraction of sp³-hybridized carbons (Fsp3) is 0.471. The summed E-state index contributed by atoms with van der Waals surface area (Å²) in [5.74, 6) is -1.25. The molecular weight excluding hydrogens is 426 g/mol. The zero-order chi connectivity index (χ0) is 22.0. The van der Waals surface area contributed by atoms with Crippen LogP contribution in [0.4, 0.5) is 26.3 Å². The second-order valence-electron chi connectivity index (χ2n) is 6.61. The Morgan fingerprint density at radius 1 is 1.34 bits per heavy atom. The topological polar surface area (TPSA) is 85.4 Å². The molecule has 1 heterocycles. The third-order valence-electron chi connectivity index (χ3n) is 4.29. The van der Waals surface area contributed by atoms with Gasteiger partial charge in [-0.3, -0.25) is 9.62 Å². The number of nitrogens with one attached hydrogen (secondary N) is 1. The van der Waals surface area contributed by atoms with Gasteiger partial charge >= 0.3 is 12.5 Å². The highest BCUT2D eigenvalue weighted by Crippen LogP contribution is 2.37. The first-order valence-electron chi connectivity index (χ1n) is 8.23. The van der Waals surface area contributed by atoms with Crippen molar-refractivity contribution in [3.8, 4) is 0 Å². The maximum Gasteiger partial charge on any atom is 0.574 e. The van der Waals surface area contributed by atoms with Gasteiger partial charge in [-0.05, 0) is 38.0 Å². The highest BCUT2D eigenvalue weighted by atomic mass is 32.2. The zero-order valence-electron chi connectivity index (χ0n) is 15.1. The van der Waals surface area contributed by atoms with E-state index in [-0.39, 0.29) is 30.0 Å². The molecule has 0 radical (unpaired) electrons. The van der Waals surface area contributed by atoms with Crippen LogP contribution in [0.25, 0.3) is 0 Å². The number of benzene rings is 1. The largest absolute Gasteiger partial charge is 0.574 e. The third-order valence-corrected chi connectivity index (χ3v) is 6.23. The SMILES string of the molecule is CC1(S(=O)c2cccc(C(F)(F)F)c2)CCOC(/C(N)=C/C(=N)OC(F)(F)F)C1. The molecule has 3 atom stereocenters. The van der Waals surface area contributed by atoms with Crippen LogP contribution < -0.4 is 5.73 Å². The summed E-state index contributed by atoms with van der Waals surface area (Å²) in [5, 5.41) is 7.17. The van der Waals surface area contributed by atoms with Crippen LogP contribution in [0.2, 0.25) is 0 Å². The molecule has 0 aliphatic carbocycles. The number of hydrogen-bond donors (Lipinski definition) is 2. The van der Waals surface area contributed by atoms with Gasteiger partial charge in [0.15, 0.2) is 0 Å². The van der Waals surface area contributed by atoms with E-state index >= 15 is 0 Å². The van der Waals surface area contributed by atoms with Gasteiger partial charge in [0, 0.05) is 23.3 Å². The van der Waals surface area contributed by atoms with Crippen molar-refractivity contribution in [1.29, 1.82) is 5.41 Å². The summed E-state index contributed by atoms with van der Waals surface area (Å²) in [6.45, 7) is 1.61. The Labute approximate surface area is 164 Å². The number of ether oxygens (including phenoxy) is 2. The molecular formula is C17H18F6N2O3S. The predicted molar refractivity (Wildman–Crippen MR) is 92.4 cm³/mol. The molecule has 5 nitrogen and oxygen atoms in total. The van der Waals surface area contributed by atoms with E-state index in [1.807, 2.05) is 0 Å². The Bertz CT molecular complexity index is 824. The zero-order valence-corrected chi connectivity index (χ0v) is 15.9. The van der Waals surface area contributed by atoms with Crippen LogP contribution in [0.15, 0.2) is 40.9 Å². The molecule has 0 spiro atoms. The normalized spacial score (nSPS) is 24.8. The van der Waals surface area contributed by atoms with Crippen molar-refractivity contribution >= 4 is 16.7 Å².